The Morgan fingerprint density at radius 3 is 1.40 bits per heavy atom. The summed E-state index contributed by atoms with van der Waals surface area (Å²) in [6.07, 6.45) is 0.983. The van der Waals surface area contributed by atoms with Crippen LogP contribution in [-0.2, 0) is 6.42 Å². The smallest absolute Gasteiger partial charge is 0.164 e. The van der Waals surface area contributed by atoms with Gasteiger partial charge in [0.15, 0.2) is 17.5 Å². The van der Waals surface area contributed by atoms with Gasteiger partial charge in [-0.2, -0.15) is 0 Å². The molecular formula is C40H27N3. The summed E-state index contributed by atoms with van der Waals surface area (Å²) >= 11 is 0. The largest absolute Gasteiger partial charge is 0.208 e. The van der Waals surface area contributed by atoms with E-state index < -0.39 is 0 Å². The van der Waals surface area contributed by atoms with Gasteiger partial charge >= 0.3 is 0 Å². The molecule has 0 saturated heterocycles. The fourth-order valence-electron chi connectivity index (χ4n) is 5.96. The first kappa shape index (κ1) is 25.1. The molecule has 1 aliphatic rings. The van der Waals surface area contributed by atoms with Gasteiger partial charge in [0.05, 0.1) is 0 Å². The zero-order valence-corrected chi connectivity index (χ0v) is 23.5. The molecule has 8 rings (SSSR count). The lowest BCUT2D eigenvalue weighted by Gasteiger charge is -2.13. The molecular weight excluding hydrogens is 522 g/mol. The second-order valence-corrected chi connectivity index (χ2v) is 10.9. The van der Waals surface area contributed by atoms with Crippen molar-refractivity contribution >= 4 is 0 Å². The average molecular weight is 550 g/mol. The molecule has 3 heteroatoms. The number of hydrogen-bond acceptors (Lipinski definition) is 3. The summed E-state index contributed by atoms with van der Waals surface area (Å²) in [5, 5.41) is 0. The van der Waals surface area contributed by atoms with E-state index in [1.807, 2.05) is 60.7 Å². The Hall–Kier alpha value is -5.67. The van der Waals surface area contributed by atoms with Gasteiger partial charge in [0.2, 0.25) is 0 Å². The fraction of sp³-hybridized carbons (Fsp3) is 0.0250. The fourth-order valence-corrected chi connectivity index (χ4v) is 5.96. The molecule has 202 valence electrons. The van der Waals surface area contributed by atoms with Gasteiger partial charge in [0.1, 0.15) is 0 Å². The molecule has 1 heterocycles. The highest BCUT2D eigenvalue weighted by Gasteiger charge is 2.19. The van der Waals surface area contributed by atoms with Crippen molar-refractivity contribution in [2.24, 2.45) is 0 Å². The number of hydrogen-bond donors (Lipinski definition) is 0. The van der Waals surface area contributed by atoms with E-state index in [1.54, 1.807) is 0 Å². The maximum absolute atomic E-state index is 5.03. The van der Waals surface area contributed by atoms with Gasteiger partial charge in [-0.05, 0) is 75.2 Å². The molecule has 6 aromatic carbocycles. The zero-order valence-electron chi connectivity index (χ0n) is 23.5. The van der Waals surface area contributed by atoms with E-state index in [9.17, 15) is 0 Å². The van der Waals surface area contributed by atoms with Gasteiger partial charge < -0.3 is 0 Å². The molecule has 3 nitrogen and oxygen atoms in total. The molecule has 0 aliphatic heterocycles. The molecule has 7 aromatic rings. The van der Waals surface area contributed by atoms with E-state index >= 15 is 0 Å². The first-order chi connectivity index (χ1) is 21.3. The van der Waals surface area contributed by atoms with Crippen LogP contribution in [0.4, 0.5) is 0 Å². The molecule has 0 fully saturated rings. The van der Waals surface area contributed by atoms with Gasteiger partial charge in [-0.3, -0.25) is 0 Å². The van der Waals surface area contributed by atoms with E-state index in [0.717, 1.165) is 39.8 Å². The third-order valence-electron chi connectivity index (χ3n) is 8.13. The predicted octanol–water partition coefficient (Wildman–Crippen LogP) is 9.78. The van der Waals surface area contributed by atoms with Gasteiger partial charge in [-0.15, -0.1) is 0 Å². The van der Waals surface area contributed by atoms with E-state index in [1.165, 1.54) is 27.8 Å². The summed E-state index contributed by atoms with van der Waals surface area (Å²) < 4.78 is 0. The summed E-state index contributed by atoms with van der Waals surface area (Å²) in [5.74, 6) is 1.97. The first-order valence-corrected chi connectivity index (χ1v) is 14.6. The molecule has 1 aromatic heterocycles. The van der Waals surface area contributed by atoms with Crippen LogP contribution in [0, 0.1) is 0 Å². The normalized spacial score (nSPS) is 11.6. The molecule has 1 aliphatic carbocycles. The highest BCUT2D eigenvalue weighted by molar-refractivity contribution is 5.85. The minimum atomic E-state index is 0.651. The number of aromatic nitrogens is 3. The van der Waals surface area contributed by atoms with Crippen molar-refractivity contribution in [1.29, 1.82) is 0 Å². The van der Waals surface area contributed by atoms with E-state index in [-0.39, 0.29) is 0 Å². The van der Waals surface area contributed by atoms with Crippen LogP contribution >= 0.6 is 0 Å². The van der Waals surface area contributed by atoms with Crippen molar-refractivity contribution in [2.45, 2.75) is 6.42 Å². The van der Waals surface area contributed by atoms with Crippen molar-refractivity contribution in [2.75, 3.05) is 0 Å². The summed E-state index contributed by atoms with van der Waals surface area (Å²) in [5.41, 5.74) is 12.9. The number of nitrogens with zero attached hydrogens (tertiary/aromatic N) is 3. The molecule has 43 heavy (non-hydrogen) atoms. The Morgan fingerprint density at radius 2 is 0.767 bits per heavy atom. The standard InChI is InChI=1S/C40H27N3/c1-4-12-27(13-5-1)33-23-34(30-20-21-32-22-31-18-10-11-19-36(31)37(32)26-30)25-35(24-33)40-42-38(28-14-6-2-7-15-28)41-39(43-40)29-16-8-3-9-17-29/h1-21,23-26H,22H2. The Kier molecular flexibility index (Phi) is 6.20. The minimum Gasteiger partial charge on any atom is -0.208 e. The van der Waals surface area contributed by atoms with E-state index in [2.05, 4.69) is 91.0 Å². The van der Waals surface area contributed by atoms with Gasteiger partial charge in [0.25, 0.3) is 0 Å². The van der Waals surface area contributed by atoms with Gasteiger partial charge in [-0.1, -0.05) is 127 Å². The molecule has 0 atom stereocenters. The Bertz CT molecular complexity index is 2030. The van der Waals surface area contributed by atoms with Crippen molar-refractivity contribution in [1.82, 2.24) is 15.0 Å². The predicted molar refractivity (Wildman–Crippen MR) is 175 cm³/mol. The van der Waals surface area contributed by atoms with Crippen LogP contribution in [0.2, 0.25) is 0 Å². The number of rotatable bonds is 5. The Labute approximate surface area is 251 Å². The van der Waals surface area contributed by atoms with Crippen LogP contribution < -0.4 is 0 Å². The Morgan fingerprint density at radius 1 is 0.302 bits per heavy atom. The van der Waals surface area contributed by atoms with E-state index in [4.69, 9.17) is 15.0 Å². The molecule has 0 spiro atoms. The highest BCUT2D eigenvalue weighted by Crippen LogP contribution is 2.40. The lowest BCUT2D eigenvalue weighted by atomic mass is 9.93. The van der Waals surface area contributed by atoms with Crippen molar-refractivity contribution in [3.05, 3.63) is 163 Å². The van der Waals surface area contributed by atoms with Crippen molar-refractivity contribution < 1.29 is 0 Å². The molecule has 0 radical (unpaired) electrons. The Balaban J connectivity index is 1.33. The highest BCUT2D eigenvalue weighted by atomic mass is 15.0. The van der Waals surface area contributed by atoms with Gasteiger partial charge in [0, 0.05) is 16.7 Å². The second-order valence-electron chi connectivity index (χ2n) is 10.9. The van der Waals surface area contributed by atoms with Crippen LogP contribution in [0.5, 0.6) is 0 Å². The molecule has 0 saturated carbocycles. The zero-order chi connectivity index (χ0) is 28.6. The van der Waals surface area contributed by atoms with Crippen LogP contribution in [0.3, 0.4) is 0 Å². The van der Waals surface area contributed by atoms with Crippen molar-refractivity contribution in [3.8, 4) is 67.5 Å². The second kappa shape index (κ2) is 10.6. The third-order valence-corrected chi connectivity index (χ3v) is 8.13. The number of benzene rings is 6. The van der Waals surface area contributed by atoms with Crippen LogP contribution in [0.25, 0.3) is 67.5 Å². The minimum absolute atomic E-state index is 0.651. The third kappa shape index (κ3) is 4.81. The van der Waals surface area contributed by atoms with Crippen LogP contribution in [0.15, 0.2) is 152 Å². The maximum Gasteiger partial charge on any atom is 0.164 e. The summed E-state index contributed by atoms with van der Waals surface area (Å²) in [4.78, 5) is 15.0. The molecule has 0 N–H and O–H groups in total. The molecule has 0 bridgehead atoms. The summed E-state index contributed by atoms with van der Waals surface area (Å²) in [6.45, 7) is 0. The van der Waals surface area contributed by atoms with Crippen LogP contribution in [0.1, 0.15) is 11.1 Å². The van der Waals surface area contributed by atoms with Gasteiger partial charge in [-0.25, -0.2) is 15.0 Å². The molecule has 0 unspecified atom stereocenters. The quantitative estimate of drug-likeness (QED) is 0.214. The summed E-state index contributed by atoms with van der Waals surface area (Å²) in [6, 6.07) is 53.1. The monoisotopic (exact) mass is 549 g/mol. The van der Waals surface area contributed by atoms with E-state index in [0.29, 0.717) is 17.5 Å². The summed E-state index contributed by atoms with van der Waals surface area (Å²) in [7, 11) is 0. The average Bonchev–Trinajstić information content (AvgIpc) is 3.47. The molecule has 0 amide bonds. The SMILES string of the molecule is c1ccc(-c2cc(-c3ccc4c(c3)-c3ccccc3C4)cc(-c3nc(-c4ccccc4)nc(-c4ccccc4)n3)c2)cc1. The maximum atomic E-state index is 5.03. The lowest BCUT2D eigenvalue weighted by molar-refractivity contribution is 1.07. The lowest BCUT2D eigenvalue weighted by Crippen LogP contribution is -2.00. The van der Waals surface area contributed by atoms with Crippen LogP contribution in [-0.4, -0.2) is 15.0 Å². The van der Waals surface area contributed by atoms with Crippen molar-refractivity contribution in [3.63, 3.8) is 0 Å². The first-order valence-electron chi connectivity index (χ1n) is 14.6. The topological polar surface area (TPSA) is 38.7 Å². The number of fused-ring (bicyclic) bond motifs is 3.